The van der Waals surface area contributed by atoms with Crippen molar-refractivity contribution in [3.8, 4) is 11.4 Å². The summed E-state index contributed by atoms with van der Waals surface area (Å²) in [6.07, 6.45) is 4.78. The maximum absolute atomic E-state index is 13.7. The minimum absolute atomic E-state index is 0.0742. The molecule has 1 heterocycles. The number of benzene rings is 2. The average molecular weight is 448 g/mol. The highest BCUT2D eigenvalue weighted by Gasteiger charge is 2.33. The van der Waals surface area contributed by atoms with Crippen molar-refractivity contribution < 1.29 is 9.53 Å². The predicted molar refractivity (Wildman–Crippen MR) is 131 cm³/mol. The summed E-state index contributed by atoms with van der Waals surface area (Å²) in [4.78, 5) is 34.0. The second-order valence-electron chi connectivity index (χ2n) is 8.58. The molecule has 6 nitrogen and oxygen atoms in total. The minimum atomic E-state index is -0.285. The summed E-state index contributed by atoms with van der Waals surface area (Å²) in [5.74, 6) is 1.62. The smallest absolute Gasteiger partial charge is 0.266 e. The maximum atomic E-state index is 13.7. The van der Waals surface area contributed by atoms with E-state index in [4.69, 9.17) is 9.72 Å². The third-order valence-electron chi connectivity index (χ3n) is 6.60. The van der Waals surface area contributed by atoms with Crippen LogP contribution in [0.1, 0.15) is 64.7 Å². The topological polar surface area (TPSA) is 64.4 Å². The van der Waals surface area contributed by atoms with Crippen molar-refractivity contribution in [2.24, 2.45) is 5.92 Å². The van der Waals surface area contributed by atoms with Crippen molar-refractivity contribution in [2.75, 3.05) is 13.2 Å². The molecular formula is C27H33N3O3. The molecule has 1 unspecified atom stereocenters. The van der Waals surface area contributed by atoms with Crippen molar-refractivity contribution in [3.05, 3.63) is 64.7 Å². The molecule has 33 heavy (non-hydrogen) atoms. The number of amides is 1. The molecule has 1 aliphatic carbocycles. The maximum Gasteiger partial charge on any atom is 0.266 e. The standard InChI is InChI=1S/C27H33N3O3/c1-4-24(29(5-2)26(31)19-11-7-8-12-19)25-28-23-14-10-9-13-22(23)27(32)30(25)20-15-17-21(18-16-20)33-6-3/h9-10,13-19,24H,4-8,11-12H2,1-3H3. The van der Waals surface area contributed by atoms with E-state index in [0.717, 1.165) is 37.1 Å². The first-order valence-corrected chi connectivity index (χ1v) is 12.1. The van der Waals surface area contributed by atoms with Gasteiger partial charge < -0.3 is 9.64 Å². The van der Waals surface area contributed by atoms with Gasteiger partial charge in [-0.3, -0.25) is 14.2 Å². The van der Waals surface area contributed by atoms with Gasteiger partial charge in [0.05, 0.1) is 29.2 Å². The fraction of sp³-hybridized carbons (Fsp3) is 0.444. The van der Waals surface area contributed by atoms with Gasteiger partial charge in [-0.1, -0.05) is 31.9 Å². The van der Waals surface area contributed by atoms with Gasteiger partial charge in [-0.2, -0.15) is 0 Å². The Balaban J connectivity index is 1.87. The first-order valence-electron chi connectivity index (χ1n) is 12.1. The highest BCUT2D eigenvalue weighted by atomic mass is 16.5. The van der Waals surface area contributed by atoms with Crippen LogP contribution < -0.4 is 10.3 Å². The molecule has 0 N–H and O–H groups in total. The molecule has 1 atom stereocenters. The van der Waals surface area contributed by atoms with Crippen LogP contribution in [0.3, 0.4) is 0 Å². The van der Waals surface area contributed by atoms with E-state index in [-0.39, 0.29) is 23.4 Å². The SMILES string of the molecule is CCOc1ccc(-n2c(C(CC)N(CC)C(=O)C3CCCC3)nc3ccccc3c2=O)cc1. The highest BCUT2D eigenvalue weighted by Crippen LogP contribution is 2.32. The van der Waals surface area contributed by atoms with Crippen LogP contribution in [-0.2, 0) is 4.79 Å². The van der Waals surface area contributed by atoms with E-state index in [1.807, 2.05) is 67.3 Å². The molecule has 2 aromatic carbocycles. The van der Waals surface area contributed by atoms with Gasteiger partial charge in [0.15, 0.2) is 0 Å². The van der Waals surface area contributed by atoms with Crippen molar-refractivity contribution in [2.45, 2.75) is 58.9 Å². The molecule has 1 fully saturated rings. The fourth-order valence-electron chi connectivity index (χ4n) is 4.96. The molecule has 0 spiro atoms. The number of aromatic nitrogens is 2. The second kappa shape index (κ2) is 10.2. The third-order valence-corrected chi connectivity index (χ3v) is 6.60. The zero-order valence-corrected chi connectivity index (χ0v) is 19.8. The van der Waals surface area contributed by atoms with E-state index in [0.29, 0.717) is 36.3 Å². The number of ether oxygens (including phenoxy) is 1. The van der Waals surface area contributed by atoms with Gasteiger partial charge in [0.1, 0.15) is 11.6 Å². The Kier molecular flexibility index (Phi) is 7.11. The number of para-hydroxylation sites is 1. The Morgan fingerprint density at radius 3 is 2.42 bits per heavy atom. The summed E-state index contributed by atoms with van der Waals surface area (Å²) in [5, 5.41) is 0.565. The summed E-state index contributed by atoms with van der Waals surface area (Å²) < 4.78 is 7.26. The van der Waals surface area contributed by atoms with Crippen molar-refractivity contribution in [3.63, 3.8) is 0 Å². The van der Waals surface area contributed by atoms with Crippen molar-refractivity contribution >= 4 is 16.8 Å². The molecule has 1 saturated carbocycles. The lowest BCUT2D eigenvalue weighted by Gasteiger charge is -2.33. The summed E-state index contributed by atoms with van der Waals surface area (Å²) >= 11 is 0. The first-order chi connectivity index (χ1) is 16.1. The monoisotopic (exact) mass is 447 g/mol. The zero-order valence-electron chi connectivity index (χ0n) is 19.8. The number of nitrogens with zero attached hydrogens (tertiary/aromatic N) is 3. The zero-order chi connectivity index (χ0) is 23.4. The van der Waals surface area contributed by atoms with Crippen molar-refractivity contribution in [1.29, 1.82) is 0 Å². The summed E-state index contributed by atoms with van der Waals surface area (Å²) in [6.45, 7) is 7.17. The van der Waals surface area contributed by atoms with Gasteiger partial charge in [-0.25, -0.2) is 4.98 Å². The number of rotatable bonds is 8. The summed E-state index contributed by atoms with van der Waals surface area (Å²) in [6, 6.07) is 14.6. The molecule has 4 rings (SSSR count). The number of fused-ring (bicyclic) bond motifs is 1. The van der Waals surface area contributed by atoms with E-state index in [2.05, 4.69) is 6.92 Å². The van der Waals surface area contributed by atoms with Crippen LogP contribution in [-0.4, -0.2) is 33.5 Å². The van der Waals surface area contributed by atoms with Gasteiger partial charge in [0.25, 0.3) is 5.56 Å². The van der Waals surface area contributed by atoms with E-state index in [1.165, 1.54) is 0 Å². The second-order valence-corrected chi connectivity index (χ2v) is 8.58. The highest BCUT2D eigenvalue weighted by molar-refractivity contribution is 5.80. The molecule has 3 aromatic rings. The summed E-state index contributed by atoms with van der Waals surface area (Å²) in [7, 11) is 0. The van der Waals surface area contributed by atoms with E-state index >= 15 is 0 Å². The molecule has 0 bridgehead atoms. The average Bonchev–Trinajstić information content (AvgIpc) is 3.38. The molecular weight excluding hydrogens is 414 g/mol. The van der Waals surface area contributed by atoms with Crippen LogP contribution in [0.4, 0.5) is 0 Å². The number of hydrogen-bond acceptors (Lipinski definition) is 4. The number of carbonyl (C=O) groups excluding carboxylic acids is 1. The molecule has 1 aliphatic rings. The Hall–Kier alpha value is -3.15. The van der Waals surface area contributed by atoms with Gasteiger partial charge >= 0.3 is 0 Å². The quantitative estimate of drug-likeness (QED) is 0.472. The first kappa shape index (κ1) is 23.0. The number of hydrogen-bond donors (Lipinski definition) is 0. The lowest BCUT2D eigenvalue weighted by Crippen LogP contribution is -2.41. The van der Waals surface area contributed by atoms with Gasteiger partial charge in [0.2, 0.25) is 5.91 Å². The largest absolute Gasteiger partial charge is 0.494 e. The van der Waals surface area contributed by atoms with Crippen LogP contribution in [0.25, 0.3) is 16.6 Å². The Morgan fingerprint density at radius 1 is 1.09 bits per heavy atom. The van der Waals surface area contributed by atoms with Gasteiger partial charge in [0, 0.05) is 12.5 Å². The Labute approximate surface area is 195 Å². The molecule has 1 aromatic heterocycles. The lowest BCUT2D eigenvalue weighted by atomic mass is 10.0. The Bertz CT molecular complexity index is 1160. The normalized spacial score (nSPS) is 15.0. The van der Waals surface area contributed by atoms with E-state index in [1.54, 1.807) is 4.57 Å². The van der Waals surface area contributed by atoms with Crippen LogP contribution in [0.15, 0.2) is 53.3 Å². The molecule has 6 heteroatoms. The molecule has 1 amide bonds. The summed E-state index contributed by atoms with van der Waals surface area (Å²) in [5.41, 5.74) is 1.25. The minimum Gasteiger partial charge on any atom is -0.494 e. The van der Waals surface area contributed by atoms with Crippen molar-refractivity contribution in [1.82, 2.24) is 14.5 Å². The molecule has 0 radical (unpaired) electrons. The van der Waals surface area contributed by atoms with Crippen LogP contribution >= 0.6 is 0 Å². The Morgan fingerprint density at radius 2 is 1.79 bits per heavy atom. The van der Waals surface area contributed by atoms with Gasteiger partial charge in [-0.05, 0) is 69.5 Å². The van der Waals surface area contributed by atoms with Crippen LogP contribution in [0.5, 0.6) is 5.75 Å². The van der Waals surface area contributed by atoms with Crippen LogP contribution in [0.2, 0.25) is 0 Å². The number of carbonyl (C=O) groups is 1. The van der Waals surface area contributed by atoms with E-state index < -0.39 is 0 Å². The molecule has 174 valence electrons. The fourth-order valence-corrected chi connectivity index (χ4v) is 4.96. The molecule has 0 aliphatic heterocycles. The predicted octanol–water partition coefficient (Wildman–Crippen LogP) is 5.27. The van der Waals surface area contributed by atoms with Crippen LogP contribution in [0, 0.1) is 5.92 Å². The van der Waals surface area contributed by atoms with Gasteiger partial charge in [-0.15, -0.1) is 0 Å². The van der Waals surface area contributed by atoms with E-state index in [9.17, 15) is 9.59 Å². The lowest BCUT2D eigenvalue weighted by molar-refractivity contribution is -0.138. The third kappa shape index (κ3) is 4.52. The molecule has 0 saturated heterocycles.